The van der Waals surface area contributed by atoms with E-state index in [1.165, 1.54) is 32.1 Å². The molecule has 1 heterocycles. The van der Waals surface area contributed by atoms with Gasteiger partial charge >= 0.3 is 0 Å². The van der Waals surface area contributed by atoms with Crippen molar-refractivity contribution >= 4 is 5.91 Å². The molecule has 5 rings (SSSR count). The Balaban J connectivity index is 1.37. The van der Waals surface area contributed by atoms with Crippen LogP contribution in [0.1, 0.15) is 44.9 Å². The van der Waals surface area contributed by atoms with Gasteiger partial charge in [0.05, 0.1) is 6.10 Å². The molecular formula is C16H25NO2. The summed E-state index contributed by atoms with van der Waals surface area (Å²) >= 11 is 0. The van der Waals surface area contributed by atoms with Crippen molar-refractivity contribution < 1.29 is 9.53 Å². The lowest BCUT2D eigenvalue weighted by Crippen LogP contribution is -2.51. The lowest BCUT2D eigenvalue weighted by atomic mass is 9.51. The van der Waals surface area contributed by atoms with E-state index in [4.69, 9.17) is 4.74 Å². The van der Waals surface area contributed by atoms with Gasteiger partial charge in [-0.05, 0) is 68.6 Å². The van der Waals surface area contributed by atoms with Gasteiger partial charge in [0, 0.05) is 19.1 Å². The highest BCUT2D eigenvalue weighted by atomic mass is 16.5. The van der Waals surface area contributed by atoms with E-state index in [1.54, 1.807) is 0 Å². The average molecular weight is 263 g/mol. The first kappa shape index (κ1) is 12.2. The Labute approximate surface area is 115 Å². The zero-order valence-corrected chi connectivity index (χ0v) is 11.6. The van der Waals surface area contributed by atoms with E-state index in [1.807, 2.05) is 0 Å². The highest BCUT2D eigenvalue weighted by molar-refractivity contribution is 5.79. The molecule has 1 aliphatic heterocycles. The molecule has 4 bridgehead atoms. The van der Waals surface area contributed by atoms with Gasteiger partial charge in [-0.2, -0.15) is 0 Å². The van der Waals surface area contributed by atoms with Gasteiger partial charge in [0.1, 0.15) is 0 Å². The van der Waals surface area contributed by atoms with Gasteiger partial charge in [0.25, 0.3) is 0 Å². The first-order valence-corrected chi connectivity index (χ1v) is 8.19. The smallest absolute Gasteiger partial charge is 0.223 e. The van der Waals surface area contributed by atoms with E-state index in [-0.39, 0.29) is 6.10 Å². The van der Waals surface area contributed by atoms with Crippen LogP contribution in [0.5, 0.6) is 0 Å². The van der Waals surface area contributed by atoms with Gasteiger partial charge in [-0.3, -0.25) is 4.79 Å². The topological polar surface area (TPSA) is 38.3 Å². The second-order valence-electron chi connectivity index (χ2n) is 7.34. The van der Waals surface area contributed by atoms with Crippen LogP contribution in [0.2, 0.25) is 0 Å². The molecule has 0 aromatic rings. The standard InChI is InChI=1S/C16H25NO2/c18-16(17-9-14-2-1-3-19-14)15-12-5-10-4-11(7-12)8-13(15)6-10/h10-15H,1-9H2,(H,17,18). The summed E-state index contributed by atoms with van der Waals surface area (Å²) in [6, 6.07) is 0. The van der Waals surface area contributed by atoms with Crippen molar-refractivity contribution in [2.75, 3.05) is 13.2 Å². The van der Waals surface area contributed by atoms with Gasteiger partial charge in [0.15, 0.2) is 0 Å². The normalized spacial score (nSPS) is 47.6. The Morgan fingerprint density at radius 2 is 1.74 bits per heavy atom. The lowest BCUT2D eigenvalue weighted by Gasteiger charge is -2.53. The molecule has 5 fully saturated rings. The molecule has 0 spiro atoms. The third kappa shape index (κ3) is 2.20. The van der Waals surface area contributed by atoms with Crippen LogP contribution in [0.4, 0.5) is 0 Å². The van der Waals surface area contributed by atoms with Crippen LogP contribution >= 0.6 is 0 Å². The Bertz CT molecular complexity index is 334. The highest BCUT2D eigenvalue weighted by Crippen LogP contribution is 2.56. The van der Waals surface area contributed by atoms with E-state index in [0.717, 1.165) is 37.8 Å². The molecule has 19 heavy (non-hydrogen) atoms. The number of nitrogens with one attached hydrogen (secondary N) is 1. The summed E-state index contributed by atoms with van der Waals surface area (Å²) in [6.45, 7) is 1.61. The fourth-order valence-corrected chi connectivity index (χ4v) is 5.49. The fraction of sp³-hybridized carbons (Fsp3) is 0.938. The van der Waals surface area contributed by atoms with Crippen LogP contribution in [-0.2, 0) is 9.53 Å². The molecule has 1 unspecified atom stereocenters. The molecule has 3 heteroatoms. The minimum absolute atomic E-state index is 0.279. The Kier molecular flexibility index (Phi) is 3.06. The molecule has 0 aromatic carbocycles. The van der Waals surface area contributed by atoms with Gasteiger partial charge < -0.3 is 10.1 Å². The number of carbonyl (C=O) groups is 1. The maximum Gasteiger partial charge on any atom is 0.223 e. The zero-order chi connectivity index (χ0) is 12.8. The SMILES string of the molecule is O=C(NCC1CCCO1)C1C2CC3CC(C2)CC1C3. The molecule has 4 saturated carbocycles. The van der Waals surface area contributed by atoms with Crippen molar-refractivity contribution in [1.29, 1.82) is 0 Å². The average Bonchev–Trinajstić information content (AvgIpc) is 2.88. The van der Waals surface area contributed by atoms with Crippen LogP contribution in [0.15, 0.2) is 0 Å². The van der Waals surface area contributed by atoms with Gasteiger partial charge in [-0.25, -0.2) is 0 Å². The van der Waals surface area contributed by atoms with Gasteiger partial charge in [0.2, 0.25) is 5.91 Å². The second-order valence-corrected chi connectivity index (χ2v) is 7.34. The number of hydrogen-bond donors (Lipinski definition) is 1. The van der Waals surface area contributed by atoms with Crippen LogP contribution in [0, 0.1) is 29.6 Å². The van der Waals surface area contributed by atoms with E-state index in [2.05, 4.69) is 5.32 Å². The largest absolute Gasteiger partial charge is 0.376 e. The zero-order valence-electron chi connectivity index (χ0n) is 11.6. The summed E-state index contributed by atoms with van der Waals surface area (Å²) in [5.74, 6) is 3.95. The third-order valence-electron chi connectivity index (χ3n) is 6.06. The molecule has 1 N–H and O–H groups in total. The number of rotatable bonds is 3. The molecule has 4 aliphatic carbocycles. The Hall–Kier alpha value is -0.570. The summed E-state index contributed by atoms with van der Waals surface area (Å²) in [7, 11) is 0. The predicted molar refractivity (Wildman–Crippen MR) is 72.5 cm³/mol. The third-order valence-corrected chi connectivity index (χ3v) is 6.06. The van der Waals surface area contributed by atoms with E-state index in [0.29, 0.717) is 23.7 Å². The van der Waals surface area contributed by atoms with Crippen LogP contribution in [0.3, 0.4) is 0 Å². The number of ether oxygens (including phenoxy) is 1. The van der Waals surface area contributed by atoms with Gasteiger partial charge in [-0.1, -0.05) is 0 Å². The van der Waals surface area contributed by atoms with E-state index < -0.39 is 0 Å². The van der Waals surface area contributed by atoms with Crippen molar-refractivity contribution in [1.82, 2.24) is 5.32 Å². The monoisotopic (exact) mass is 263 g/mol. The molecule has 1 amide bonds. The highest BCUT2D eigenvalue weighted by Gasteiger charge is 2.50. The summed E-state index contributed by atoms with van der Waals surface area (Å²) < 4.78 is 5.59. The Morgan fingerprint density at radius 1 is 1.05 bits per heavy atom. The van der Waals surface area contributed by atoms with Crippen LogP contribution in [-0.4, -0.2) is 25.2 Å². The fourth-order valence-electron chi connectivity index (χ4n) is 5.49. The van der Waals surface area contributed by atoms with Crippen molar-refractivity contribution in [2.24, 2.45) is 29.6 Å². The maximum absolute atomic E-state index is 12.5. The molecule has 0 aromatic heterocycles. The number of amides is 1. The van der Waals surface area contributed by atoms with Crippen LogP contribution < -0.4 is 5.32 Å². The summed E-state index contributed by atoms with van der Waals surface area (Å²) in [4.78, 5) is 12.5. The minimum atomic E-state index is 0.279. The first-order valence-electron chi connectivity index (χ1n) is 8.19. The van der Waals surface area contributed by atoms with E-state index in [9.17, 15) is 4.79 Å². The first-order chi connectivity index (χ1) is 9.29. The molecule has 1 atom stereocenters. The molecule has 106 valence electrons. The quantitative estimate of drug-likeness (QED) is 0.849. The number of hydrogen-bond acceptors (Lipinski definition) is 2. The molecule has 1 saturated heterocycles. The van der Waals surface area contributed by atoms with Gasteiger partial charge in [-0.15, -0.1) is 0 Å². The van der Waals surface area contributed by atoms with Crippen molar-refractivity contribution in [3.05, 3.63) is 0 Å². The van der Waals surface area contributed by atoms with Crippen LogP contribution in [0.25, 0.3) is 0 Å². The maximum atomic E-state index is 12.5. The Morgan fingerprint density at radius 3 is 2.32 bits per heavy atom. The number of carbonyl (C=O) groups excluding carboxylic acids is 1. The lowest BCUT2D eigenvalue weighted by molar-refractivity contribution is -0.138. The summed E-state index contributed by atoms with van der Waals surface area (Å²) in [5.41, 5.74) is 0. The van der Waals surface area contributed by atoms with E-state index >= 15 is 0 Å². The summed E-state index contributed by atoms with van der Waals surface area (Å²) in [6.07, 6.45) is 9.30. The molecule has 5 aliphatic rings. The molecule has 0 radical (unpaired) electrons. The van der Waals surface area contributed by atoms with Crippen molar-refractivity contribution in [3.63, 3.8) is 0 Å². The summed E-state index contributed by atoms with van der Waals surface area (Å²) in [5, 5.41) is 3.19. The molecular weight excluding hydrogens is 238 g/mol. The second kappa shape index (κ2) is 4.76. The minimum Gasteiger partial charge on any atom is -0.376 e. The predicted octanol–water partition coefficient (Wildman–Crippen LogP) is 2.35. The molecule has 3 nitrogen and oxygen atoms in total. The van der Waals surface area contributed by atoms with Crippen molar-refractivity contribution in [2.45, 2.75) is 51.0 Å². The van der Waals surface area contributed by atoms with Crippen molar-refractivity contribution in [3.8, 4) is 0 Å².